The minimum absolute atomic E-state index is 0.0226. The van der Waals surface area contributed by atoms with Crippen LogP contribution in [0.3, 0.4) is 0 Å². The minimum atomic E-state index is -0.882. The van der Waals surface area contributed by atoms with Crippen LogP contribution in [0.15, 0.2) is 12.1 Å². The molecule has 0 aliphatic rings. The lowest BCUT2D eigenvalue weighted by molar-refractivity contribution is -0.137. The number of anilines is 1. The quantitative estimate of drug-likeness (QED) is 0.870. The predicted molar refractivity (Wildman–Crippen MR) is 79.7 cm³/mol. The first-order chi connectivity index (χ1) is 9.31. The number of halogens is 2. The maximum atomic E-state index is 11.9. The molecule has 7 heteroatoms. The van der Waals surface area contributed by atoms with Crippen LogP contribution in [0.2, 0.25) is 10.0 Å². The molecule has 20 heavy (non-hydrogen) atoms. The zero-order valence-electron chi connectivity index (χ0n) is 11.2. The van der Waals surface area contributed by atoms with Crippen LogP contribution in [0, 0.1) is 6.92 Å². The van der Waals surface area contributed by atoms with Crippen molar-refractivity contribution in [3.05, 3.63) is 27.7 Å². The molecule has 0 spiro atoms. The molecule has 1 aromatic rings. The Labute approximate surface area is 127 Å². The van der Waals surface area contributed by atoms with E-state index in [1.54, 1.807) is 19.2 Å². The van der Waals surface area contributed by atoms with Crippen LogP contribution in [-0.4, -0.2) is 35.6 Å². The number of carbonyl (C=O) groups excluding carboxylic acids is 1. The van der Waals surface area contributed by atoms with E-state index in [0.29, 0.717) is 28.7 Å². The topological polar surface area (TPSA) is 69.6 Å². The largest absolute Gasteiger partial charge is 0.481 e. The standard InChI is InChI=1S/C13H16Cl2N2O3/c1-8-6-10(15)11(7-9(8)14)16-13(20)17(2)5-3-4-12(18)19/h6-7H,3-5H2,1-2H3,(H,16,20)(H,18,19). The SMILES string of the molecule is Cc1cc(Cl)c(NC(=O)N(C)CCCC(=O)O)cc1Cl. The number of nitrogens with zero attached hydrogens (tertiary/aromatic N) is 1. The van der Waals surface area contributed by atoms with E-state index in [4.69, 9.17) is 28.3 Å². The summed E-state index contributed by atoms with van der Waals surface area (Å²) in [6, 6.07) is 2.89. The maximum Gasteiger partial charge on any atom is 0.321 e. The van der Waals surface area contributed by atoms with E-state index >= 15 is 0 Å². The van der Waals surface area contributed by atoms with Crippen molar-refractivity contribution in [1.82, 2.24) is 4.90 Å². The maximum absolute atomic E-state index is 11.9. The predicted octanol–water partition coefficient (Wildman–Crippen LogP) is 3.63. The van der Waals surface area contributed by atoms with Gasteiger partial charge in [0.1, 0.15) is 0 Å². The molecule has 0 saturated heterocycles. The number of amides is 2. The second kappa shape index (κ2) is 7.36. The lowest BCUT2D eigenvalue weighted by Gasteiger charge is -2.18. The van der Waals surface area contributed by atoms with Crippen molar-refractivity contribution >= 4 is 40.9 Å². The summed E-state index contributed by atoms with van der Waals surface area (Å²) in [5, 5.41) is 12.1. The second-order valence-corrected chi connectivity index (χ2v) is 5.24. The Kier molecular flexibility index (Phi) is 6.10. The first-order valence-electron chi connectivity index (χ1n) is 6.01. The first-order valence-corrected chi connectivity index (χ1v) is 6.76. The van der Waals surface area contributed by atoms with Crippen molar-refractivity contribution in [2.45, 2.75) is 19.8 Å². The van der Waals surface area contributed by atoms with Crippen molar-refractivity contribution in [3.63, 3.8) is 0 Å². The summed E-state index contributed by atoms with van der Waals surface area (Å²) < 4.78 is 0. The zero-order chi connectivity index (χ0) is 15.3. The average Bonchev–Trinajstić information content (AvgIpc) is 2.35. The number of hydrogen-bond donors (Lipinski definition) is 2. The van der Waals surface area contributed by atoms with Gasteiger partial charge >= 0.3 is 12.0 Å². The van der Waals surface area contributed by atoms with Crippen molar-refractivity contribution in [2.75, 3.05) is 18.9 Å². The van der Waals surface area contributed by atoms with Gasteiger partial charge in [-0.2, -0.15) is 0 Å². The van der Waals surface area contributed by atoms with Crippen LogP contribution in [0.4, 0.5) is 10.5 Å². The van der Waals surface area contributed by atoms with Crippen LogP contribution in [0.25, 0.3) is 0 Å². The normalized spacial score (nSPS) is 10.2. The van der Waals surface area contributed by atoms with E-state index in [1.807, 2.05) is 6.92 Å². The average molecular weight is 319 g/mol. The van der Waals surface area contributed by atoms with Gasteiger partial charge in [0.2, 0.25) is 0 Å². The summed E-state index contributed by atoms with van der Waals surface area (Å²) in [7, 11) is 1.58. The van der Waals surface area contributed by atoms with Crippen LogP contribution in [0.1, 0.15) is 18.4 Å². The number of rotatable bonds is 5. The number of hydrogen-bond acceptors (Lipinski definition) is 2. The van der Waals surface area contributed by atoms with E-state index in [9.17, 15) is 9.59 Å². The molecule has 2 amide bonds. The molecule has 0 heterocycles. The summed E-state index contributed by atoms with van der Waals surface area (Å²) in [5.41, 5.74) is 1.25. The van der Waals surface area contributed by atoms with Crippen molar-refractivity contribution in [2.24, 2.45) is 0 Å². The number of carbonyl (C=O) groups is 2. The van der Waals surface area contributed by atoms with Crippen molar-refractivity contribution in [1.29, 1.82) is 0 Å². The fourth-order valence-corrected chi connectivity index (χ4v) is 1.95. The van der Waals surface area contributed by atoms with Gasteiger partial charge in [-0.15, -0.1) is 0 Å². The van der Waals surface area contributed by atoms with Gasteiger partial charge in [0.05, 0.1) is 10.7 Å². The van der Waals surface area contributed by atoms with Crippen LogP contribution in [0.5, 0.6) is 0 Å². The molecule has 0 radical (unpaired) electrons. The molecular formula is C13H16Cl2N2O3. The fraction of sp³-hybridized carbons (Fsp3) is 0.385. The highest BCUT2D eigenvalue weighted by Crippen LogP contribution is 2.28. The molecule has 0 fully saturated rings. The summed E-state index contributed by atoms with van der Waals surface area (Å²) in [6.07, 6.45) is 0.413. The number of carboxylic acids is 1. The highest BCUT2D eigenvalue weighted by Gasteiger charge is 2.12. The third-order valence-electron chi connectivity index (χ3n) is 2.72. The molecule has 2 N–H and O–H groups in total. The van der Waals surface area contributed by atoms with Crippen molar-refractivity contribution in [3.8, 4) is 0 Å². The summed E-state index contributed by atoms with van der Waals surface area (Å²) >= 11 is 12.0. The molecule has 1 aromatic carbocycles. The molecule has 0 saturated carbocycles. The molecular weight excluding hydrogens is 303 g/mol. The highest BCUT2D eigenvalue weighted by atomic mass is 35.5. The molecule has 0 bridgehead atoms. The van der Waals surface area contributed by atoms with Gasteiger partial charge in [-0.3, -0.25) is 4.79 Å². The number of urea groups is 1. The Hall–Kier alpha value is -1.46. The molecule has 0 aromatic heterocycles. The Morgan fingerprint density at radius 1 is 1.30 bits per heavy atom. The van der Waals surface area contributed by atoms with Gasteiger partial charge in [0, 0.05) is 25.0 Å². The molecule has 110 valence electrons. The number of carboxylic acid groups (broad SMARTS) is 1. The third-order valence-corrected chi connectivity index (χ3v) is 3.44. The number of aryl methyl sites for hydroxylation is 1. The minimum Gasteiger partial charge on any atom is -0.481 e. The summed E-state index contributed by atoms with van der Waals surface area (Å²) in [5.74, 6) is -0.882. The molecule has 1 rings (SSSR count). The number of benzene rings is 1. The second-order valence-electron chi connectivity index (χ2n) is 4.43. The molecule has 0 aliphatic heterocycles. The zero-order valence-corrected chi connectivity index (χ0v) is 12.8. The Bertz CT molecular complexity index is 521. The smallest absolute Gasteiger partial charge is 0.321 e. The monoisotopic (exact) mass is 318 g/mol. The van der Waals surface area contributed by atoms with E-state index in [2.05, 4.69) is 5.32 Å². The molecule has 0 aliphatic carbocycles. The Morgan fingerprint density at radius 3 is 2.55 bits per heavy atom. The first kappa shape index (κ1) is 16.6. The van der Waals surface area contributed by atoms with Gasteiger partial charge in [0.25, 0.3) is 0 Å². The van der Waals surface area contributed by atoms with E-state index in [-0.39, 0.29) is 12.5 Å². The van der Waals surface area contributed by atoms with E-state index in [0.717, 1.165) is 5.56 Å². The lowest BCUT2D eigenvalue weighted by Crippen LogP contribution is -2.32. The Balaban J connectivity index is 2.61. The van der Waals surface area contributed by atoms with Gasteiger partial charge in [0.15, 0.2) is 0 Å². The highest BCUT2D eigenvalue weighted by molar-refractivity contribution is 6.36. The van der Waals surface area contributed by atoms with Crippen molar-refractivity contribution < 1.29 is 14.7 Å². The van der Waals surface area contributed by atoms with Crippen LogP contribution >= 0.6 is 23.2 Å². The fourth-order valence-electron chi connectivity index (χ4n) is 1.52. The van der Waals surface area contributed by atoms with Crippen LogP contribution < -0.4 is 5.32 Å². The third kappa shape index (κ3) is 4.90. The molecule has 5 nitrogen and oxygen atoms in total. The summed E-state index contributed by atoms with van der Waals surface area (Å²) in [6.45, 7) is 2.16. The van der Waals surface area contributed by atoms with Gasteiger partial charge in [-0.25, -0.2) is 4.79 Å². The summed E-state index contributed by atoms with van der Waals surface area (Å²) in [4.78, 5) is 23.7. The molecule has 0 unspecified atom stereocenters. The molecule has 0 atom stereocenters. The lowest BCUT2D eigenvalue weighted by atomic mass is 10.2. The van der Waals surface area contributed by atoms with E-state index in [1.165, 1.54) is 4.90 Å². The Morgan fingerprint density at radius 2 is 1.95 bits per heavy atom. The number of nitrogens with one attached hydrogen (secondary N) is 1. The van der Waals surface area contributed by atoms with E-state index < -0.39 is 5.97 Å². The van der Waals surface area contributed by atoms with Gasteiger partial charge in [-0.1, -0.05) is 23.2 Å². The van der Waals surface area contributed by atoms with Gasteiger partial charge < -0.3 is 15.3 Å². The number of aliphatic carboxylic acids is 1. The van der Waals surface area contributed by atoms with Gasteiger partial charge in [-0.05, 0) is 31.0 Å². The van der Waals surface area contributed by atoms with Crippen LogP contribution in [-0.2, 0) is 4.79 Å².